The van der Waals surface area contributed by atoms with Crippen molar-refractivity contribution in [2.24, 2.45) is 0 Å². The first-order chi connectivity index (χ1) is 13.4. The first-order valence-corrected chi connectivity index (χ1v) is 9.66. The van der Waals surface area contributed by atoms with Crippen LogP contribution in [-0.4, -0.2) is 27.9 Å². The highest BCUT2D eigenvalue weighted by Crippen LogP contribution is 2.37. The van der Waals surface area contributed by atoms with Crippen LogP contribution in [0.25, 0.3) is 27.5 Å². The fraction of sp³-hybridized carbons (Fsp3) is 0.261. The van der Waals surface area contributed by atoms with E-state index >= 15 is 0 Å². The standard InChI is InChI=1S/C23H23BN2O2/c1-22(2)23(3,4)28-24(27-22)16-13-17(15-25-14-16)26-20-11-7-5-9-18(20)19-10-6-8-12-21(19)26/h5-15H,1-4H3. The van der Waals surface area contributed by atoms with Crippen LogP contribution < -0.4 is 5.46 Å². The second-order valence-corrected chi connectivity index (χ2v) is 8.43. The smallest absolute Gasteiger partial charge is 0.399 e. The van der Waals surface area contributed by atoms with E-state index in [1.165, 1.54) is 10.8 Å². The Bertz CT molecular complexity index is 1130. The van der Waals surface area contributed by atoms with Crippen molar-refractivity contribution in [2.75, 3.05) is 0 Å². The minimum Gasteiger partial charge on any atom is -0.399 e. The van der Waals surface area contributed by atoms with Gasteiger partial charge in [0.2, 0.25) is 0 Å². The normalized spacial score (nSPS) is 18.2. The minimum atomic E-state index is -0.425. The van der Waals surface area contributed by atoms with Gasteiger partial charge in [0.15, 0.2) is 0 Å². The van der Waals surface area contributed by atoms with E-state index < -0.39 is 7.12 Å². The lowest BCUT2D eigenvalue weighted by atomic mass is 9.80. The van der Waals surface area contributed by atoms with Crippen LogP contribution in [0.1, 0.15) is 27.7 Å². The van der Waals surface area contributed by atoms with E-state index in [-0.39, 0.29) is 11.2 Å². The Kier molecular flexibility index (Phi) is 3.70. The zero-order valence-electron chi connectivity index (χ0n) is 16.6. The third-order valence-corrected chi connectivity index (χ3v) is 6.11. The quantitative estimate of drug-likeness (QED) is 0.488. The number of nitrogens with zero attached hydrogens (tertiary/aromatic N) is 2. The van der Waals surface area contributed by atoms with Crippen LogP contribution in [0.2, 0.25) is 0 Å². The Morgan fingerprint density at radius 3 is 1.89 bits per heavy atom. The summed E-state index contributed by atoms with van der Waals surface area (Å²) in [6.45, 7) is 8.27. The molecule has 2 aromatic carbocycles. The van der Waals surface area contributed by atoms with E-state index in [9.17, 15) is 0 Å². The van der Waals surface area contributed by atoms with Crippen LogP contribution in [0.4, 0.5) is 0 Å². The topological polar surface area (TPSA) is 36.3 Å². The molecule has 0 unspecified atom stereocenters. The minimum absolute atomic E-state index is 0.374. The number of para-hydroxylation sites is 2. The highest BCUT2D eigenvalue weighted by Gasteiger charge is 2.51. The molecule has 3 heterocycles. The van der Waals surface area contributed by atoms with Gasteiger partial charge in [-0.2, -0.15) is 0 Å². The third-order valence-electron chi connectivity index (χ3n) is 6.11. The molecule has 0 N–H and O–H groups in total. The van der Waals surface area contributed by atoms with Crippen molar-refractivity contribution in [3.05, 3.63) is 67.0 Å². The maximum absolute atomic E-state index is 6.23. The van der Waals surface area contributed by atoms with E-state index in [1.54, 1.807) is 0 Å². The largest absolute Gasteiger partial charge is 0.496 e. The van der Waals surface area contributed by atoms with E-state index in [4.69, 9.17) is 9.31 Å². The second-order valence-electron chi connectivity index (χ2n) is 8.43. The zero-order valence-corrected chi connectivity index (χ0v) is 16.6. The number of rotatable bonds is 2. The van der Waals surface area contributed by atoms with E-state index in [2.05, 4.69) is 91.8 Å². The molecule has 140 valence electrons. The van der Waals surface area contributed by atoms with Gasteiger partial charge >= 0.3 is 7.12 Å². The molecule has 0 saturated carbocycles. The van der Waals surface area contributed by atoms with Crippen molar-refractivity contribution in [2.45, 2.75) is 38.9 Å². The van der Waals surface area contributed by atoms with Gasteiger partial charge in [0.25, 0.3) is 0 Å². The maximum atomic E-state index is 6.23. The fourth-order valence-electron chi connectivity index (χ4n) is 3.88. The summed E-state index contributed by atoms with van der Waals surface area (Å²) in [5.74, 6) is 0. The summed E-state index contributed by atoms with van der Waals surface area (Å²) < 4.78 is 14.7. The predicted molar refractivity (Wildman–Crippen MR) is 114 cm³/mol. The lowest BCUT2D eigenvalue weighted by molar-refractivity contribution is 0.00578. The molecular weight excluding hydrogens is 347 g/mol. The highest BCUT2D eigenvalue weighted by molar-refractivity contribution is 6.62. The molecule has 5 rings (SSSR count). The van der Waals surface area contributed by atoms with Crippen LogP contribution in [-0.2, 0) is 9.31 Å². The molecular formula is C23H23BN2O2. The van der Waals surface area contributed by atoms with Gasteiger partial charge in [0.1, 0.15) is 0 Å². The molecule has 5 heteroatoms. The number of hydrogen-bond acceptors (Lipinski definition) is 3. The first-order valence-electron chi connectivity index (χ1n) is 9.66. The Balaban J connectivity index is 1.67. The number of fused-ring (bicyclic) bond motifs is 3. The molecule has 1 saturated heterocycles. The summed E-state index contributed by atoms with van der Waals surface area (Å²) in [5.41, 5.74) is 3.51. The summed E-state index contributed by atoms with van der Waals surface area (Å²) in [6.07, 6.45) is 3.73. The summed E-state index contributed by atoms with van der Waals surface area (Å²) in [5, 5.41) is 2.47. The average molecular weight is 370 g/mol. The summed E-state index contributed by atoms with van der Waals surface area (Å²) in [6, 6.07) is 19.1. The number of aromatic nitrogens is 2. The summed E-state index contributed by atoms with van der Waals surface area (Å²) >= 11 is 0. The third kappa shape index (κ3) is 2.50. The highest BCUT2D eigenvalue weighted by atomic mass is 16.7. The van der Waals surface area contributed by atoms with Crippen molar-refractivity contribution in [3.8, 4) is 5.69 Å². The summed E-state index contributed by atoms with van der Waals surface area (Å²) in [4.78, 5) is 4.51. The molecule has 4 aromatic rings. The molecule has 0 radical (unpaired) electrons. The molecule has 1 aliphatic heterocycles. The lowest BCUT2D eigenvalue weighted by Gasteiger charge is -2.32. The van der Waals surface area contributed by atoms with E-state index in [0.29, 0.717) is 0 Å². The number of hydrogen-bond donors (Lipinski definition) is 0. The van der Waals surface area contributed by atoms with Gasteiger partial charge in [-0.15, -0.1) is 0 Å². The van der Waals surface area contributed by atoms with Crippen molar-refractivity contribution >= 4 is 34.4 Å². The SMILES string of the molecule is CC1(C)OB(c2cncc(-n3c4ccccc4c4ccccc43)c2)OC1(C)C. The molecule has 0 atom stereocenters. The molecule has 0 aliphatic carbocycles. The van der Waals surface area contributed by atoms with Crippen LogP contribution in [0, 0.1) is 0 Å². The maximum Gasteiger partial charge on any atom is 0.496 e. The van der Waals surface area contributed by atoms with Crippen LogP contribution in [0.5, 0.6) is 0 Å². The Morgan fingerprint density at radius 1 is 0.786 bits per heavy atom. The van der Waals surface area contributed by atoms with Crippen LogP contribution in [0.3, 0.4) is 0 Å². The van der Waals surface area contributed by atoms with Gasteiger partial charge in [-0.25, -0.2) is 0 Å². The van der Waals surface area contributed by atoms with Crippen molar-refractivity contribution in [1.82, 2.24) is 9.55 Å². The lowest BCUT2D eigenvalue weighted by Crippen LogP contribution is -2.41. The summed E-state index contributed by atoms with van der Waals surface area (Å²) in [7, 11) is -0.425. The predicted octanol–water partition coefficient (Wildman–Crippen LogP) is 4.48. The van der Waals surface area contributed by atoms with Gasteiger partial charge in [0, 0.05) is 22.4 Å². The second kappa shape index (κ2) is 5.93. The first kappa shape index (κ1) is 17.5. The monoisotopic (exact) mass is 370 g/mol. The fourth-order valence-corrected chi connectivity index (χ4v) is 3.88. The average Bonchev–Trinajstić information content (AvgIpc) is 3.12. The van der Waals surface area contributed by atoms with Crippen molar-refractivity contribution in [1.29, 1.82) is 0 Å². The van der Waals surface area contributed by atoms with E-state index in [0.717, 1.165) is 22.2 Å². The molecule has 0 spiro atoms. The Morgan fingerprint density at radius 2 is 1.32 bits per heavy atom. The molecule has 2 aromatic heterocycles. The Labute approximate surface area is 165 Å². The molecule has 1 fully saturated rings. The molecule has 1 aliphatic rings. The van der Waals surface area contributed by atoms with Crippen LogP contribution in [0.15, 0.2) is 67.0 Å². The van der Waals surface area contributed by atoms with Crippen molar-refractivity contribution < 1.29 is 9.31 Å². The molecule has 4 nitrogen and oxygen atoms in total. The van der Waals surface area contributed by atoms with Gasteiger partial charge in [-0.1, -0.05) is 36.4 Å². The van der Waals surface area contributed by atoms with Gasteiger partial charge in [0.05, 0.1) is 34.1 Å². The molecule has 0 bridgehead atoms. The molecule has 0 amide bonds. The number of pyridine rings is 1. The zero-order chi connectivity index (χ0) is 19.5. The van der Waals surface area contributed by atoms with Crippen LogP contribution >= 0.6 is 0 Å². The number of benzene rings is 2. The van der Waals surface area contributed by atoms with Gasteiger partial charge in [-0.05, 0) is 45.9 Å². The molecule has 28 heavy (non-hydrogen) atoms. The Hall–Kier alpha value is -2.63. The van der Waals surface area contributed by atoms with Gasteiger partial charge < -0.3 is 13.9 Å². The van der Waals surface area contributed by atoms with Crippen molar-refractivity contribution in [3.63, 3.8) is 0 Å². The van der Waals surface area contributed by atoms with Gasteiger partial charge in [-0.3, -0.25) is 4.98 Å². The van der Waals surface area contributed by atoms with E-state index in [1.807, 2.05) is 12.4 Å².